The van der Waals surface area contributed by atoms with Crippen molar-refractivity contribution in [3.63, 3.8) is 0 Å². The summed E-state index contributed by atoms with van der Waals surface area (Å²) >= 11 is 0. The second-order valence-corrected chi connectivity index (χ2v) is 6.43. The first-order valence-corrected chi connectivity index (χ1v) is 8.65. The molecule has 0 aliphatic carbocycles. The van der Waals surface area contributed by atoms with Crippen LogP contribution in [0.3, 0.4) is 0 Å². The first kappa shape index (κ1) is 15.2. The number of hydrogen-bond donors (Lipinski definition) is 0. The van der Waals surface area contributed by atoms with Crippen LogP contribution >= 0.6 is 0 Å². The van der Waals surface area contributed by atoms with Crippen molar-refractivity contribution < 1.29 is 9.53 Å². The third kappa shape index (κ3) is 2.78. The molecule has 2 aliphatic heterocycles. The van der Waals surface area contributed by atoms with E-state index < -0.39 is 0 Å². The average Bonchev–Trinajstić information content (AvgIpc) is 2.76. The van der Waals surface area contributed by atoms with Gasteiger partial charge in [-0.3, -0.25) is 4.90 Å². The lowest BCUT2D eigenvalue weighted by Gasteiger charge is -2.42. The zero-order chi connectivity index (χ0) is 16.4. The minimum absolute atomic E-state index is 0.287. The van der Waals surface area contributed by atoms with E-state index in [1.165, 1.54) is 11.3 Å². The lowest BCUT2D eigenvalue weighted by Crippen LogP contribution is -2.48. The molecule has 1 atom stereocenters. The number of unbranched alkanes of at least 4 members (excludes halogenated alkanes) is 1. The number of ether oxygens (including phenoxy) is 1. The topological polar surface area (TPSA) is 32.8 Å². The number of carbonyl (C=O) groups is 1. The van der Waals surface area contributed by atoms with E-state index >= 15 is 0 Å². The maximum Gasteiger partial charge on any atom is 0.150 e. The lowest BCUT2D eigenvalue weighted by atomic mass is 10.0. The summed E-state index contributed by atoms with van der Waals surface area (Å²) in [6, 6.07) is 16.9. The van der Waals surface area contributed by atoms with E-state index in [-0.39, 0.29) is 6.04 Å². The van der Waals surface area contributed by atoms with Crippen molar-refractivity contribution in [2.75, 3.05) is 31.1 Å². The Morgan fingerprint density at radius 2 is 1.83 bits per heavy atom. The maximum absolute atomic E-state index is 10.6. The number of para-hydroxylation sites is 3. The number of hydrogen-bond acceptors (Lipinski definition) is 4. The third-order valence-electron chi connectivity index (χ3n) is 4.93. The van der Waals surface area contributed by atoms with Gasteiger partial charge < -0.3 is 14.4 Å². The zero-order valence-corrected chi connectivity index (χ0v) is 13.7. The molecule has 4 heteroatoms. The van der Waals surface area contributed by atoms with E-state index in [2.05, 4.69) is 40.1 Å². The molecule has 0 aromatic heterocycles. The van der Waals surface area contributed by atoms with Crippen molar-refractivity contribution in [1.82, 2.24) is 4.90 Å². The molecule has 0 saturated carbocycles. The fraction of sp³-hybridized carbons (Fsp3) is 0.350. The molecule has 1 saturated heterocycles. The highest BCUT2D eigenvalue weighted by molar-refractivity contribution is 5.64. The zero-order valence-electron chi connectivity index (χ0n) is 13.7. The number of nitrogens with zero attached hydrogens (tertiary/aromatic N) is 2. The minimum atomic E-state index is 0.287. The summed E-state index contributed by atoms with van der Waals surface area (Å²) in [6.45, 7) is 3.94. The van der Waals surface area contributed by atoms with Crippen LogP contribution in [0.4, 0.5) is 5.69 Å². The number of anilines is 1. The SMILES string of the molecule is O=CCCCN1CCN2c3ccccc3Oc3ccccc3C2C1. The van der Waals surface area contributed by atoms with Crippen LogP contribution in [0.5, 0.6) is 11.5 Å². The molecular weight excluding hydrogens is 300 g/mol. The number of fused-ring (bicyclic) bond motifs is 5. The summed E-state index contributed by atoms with van der Waals surface area (Å²) < 4.78 is 6.22. The highest BCUT2D eigenvalue weighted by atomic mass is 16.5. The summed E-state index contributed by atoms with van der Waals surface area (Å²) in [4.78, 5) is 15.5. The molecule has 4 nitrogen and oxygen atoms in total. The Bertz CT molecular complexity index is 731. The Hall–Kier alpha value is -2.33. The standard InChI is InChI=1S/C20H22N2O2/c23-14-6-5-11-21-12-13-22-17-8-2-4-10-20(17)24-19-9-3-1-7-16(19)18(22)15-21/h1-4,7-10,14,18H,5-6,11-13,15H2. The predicted molar refractivity (Wildman–Crippen MR) is 94.8 cm³/mol. The van der Waals surface area contributed by atoms with E-state index in [1.807, 2.05) is 18.2 Å². The van der Waals surface area contributed by atoms with Crippen LogP contribution in [0.2, 0.25) is 0 Å². The molecule has 24 heavy (non-hydrogen) atoms. The Kier molecular flexibility index (Phi) is 4.22. The monoisotopic (exact) mass is 322 g/mol. The van der Waals surface area contributed by atoms with Gasteiger partial charge in [-0.1, -0.05) is 30.3 Å². The Morgan fingerprint density at radius 3 is 2.71 bits per heavy atom. The molecule has 0 bridgehead atoms. The number of rotatable bonds is 4. The van der Waals surface area contributed by atoms with E-state index in [9.17, 15) is 4.79 Å². The smallest absolute Gasteiger partial charge is 0.150 e. The number of piperazine rings is 1. The lowest BCUT2D eigenvalue weighted by molar-refractivity contribution is -0.108. The molecule has 124 valence electrons. The first-order chi connectivity index (χ1) is 11.9. The second-order valence-electron chi connectivity index (χ2n) is 6.43. The van der Waals surface area contributed by atoms with Crippen LogP contribution < -0.4 is 9.64 Å². The molecule has 0 amide bonds. The third-order valence-corrected chi connectivity index (χ3v) is 4.93. The summed E-state index contributed by atoms with van der Waals surface area (Å²) in [6.07, 6.45) is 2.60. The van der Waals surface area contributed by atoms with Gasteiger partial charge in [-0.15, -0.1) is 0 Å². The number of carbonyl (C=O) groups excluding carboxylic acids is 1. The molecule has 2 aromatic rings. The highest BCUT2D eigenvalue weighted by Crippen LogP contribution is 2.45. The first-order valence-electron chi connectivity index (χ1n) is 8.65. The van der Waals surface area contributed by atoms with Crippen molar-refractivity contribution in [3.05, 3.63) is 54.1 Å². The van der Waals surface area contributed by atoms with E-state index in [0.717, 1.165) is 50.4 Å². The van der Waals surface area contributed by atoms with Crippen LogP contribution in [-0.2, 0) is 4.79 Å². The summed E-state index contributed by atoms with van der Waals surface area (Å²) in [5, 5.41) is 0. The predicted octanol–water partition coefficient (Wildman–Crippen LogP) is 3.63. The fourth-order valence-corrected chi connectivity index (χ4v) is 3.74. The Labute approximate surface area is 142 Å². The number of aldehydes is 1. The van der Waals surface area contributed by atoms with Gasteiger partial charge in [0.15, 0.2) is 5.75 Å². The van der Waals surface area contributed by atoms with E-state index in [4.69, 9.17) is 4.74 Å². The largest absolute Gasteiger partial charge is 0.455 e. The molecule has 1 unspecified atom stereocenters. The van der Waals surface area contributed by atoms with E-state index in [1.54, 1.807) is 0 Å². The molecule has 2 aromatic carbocycles. The molecule has 2 heterocycles. The molecule has 1 fully saturated rings. The van der Waals surface area contributed by atoms with Crippen LogP contribution in [-0.4, -0.2) is 37.4 Å². The van der Waals surface area contributed by atoms with Gasteiger partial charge in [0.1, 0.15) is 12.0 Å². The van der Waals surface area contributed by atoms with Crippen molar-refractivity contribution in [1.29, 1.82) is 0 Å². The van der Waals surface area contributed by atoms with Gasteiger partial charge >= 0.3 is 0 Å². The quantitative estimate of drug-likeness (QED) is 0.635. The van der Waals surface area contributed by atoms with Crippen molar-refractivity contribution in [2.45, 2.75) is 18.9 Å². The fourth-order valence-electron chi connectivity index (χ4n) is 3.74. The van der Waals surface area contributed by atoms with E-state index in [0.29, 0.717) is 6.42 Å². The van der Waals surface area contributed by atoms with Gasteiger partial charge in [-0.25, -0.2) is 0 Å². The molecule has 4 rings (SSSR count). The minimum Gasteiger partial charge on any atom is -0.455 e. The van der Waals surface area contributed by atoms with Gasteiger partial charge in [0.25, 0.3) is 0 Å². The summed E-state index contributed by atoms with van der Waals surface area (Å²) in [5.41, 5.74) is 2.42. The Morgan fingerprint density at radius 1 is 1.04 bits per heavy atom. The summed E-state index contributed by atoms with van der Waals surface area (Å²) in [5.74, 6) is 1.88. The molecule has 0 N–H and O–H groups in total. The van der Waals surface area contributed by atoms with Crippen LogP contribution in [0.15, 0.2) is 48.5 Å². The van der Waals surface area contributed by atoms with Crippen molar-refractivity contribution in [2.24, 2.45) is 0 Å². The molecule has 2 aliphatic rings. The molecule has 0 spiro atoms. The van der Waals surface area contributed by atoms with Gasteiger partial charge in [0.05, 0.1) is 11.7 Å². The number of benzene rings is 2. The summed E-state index contributed by atoms with van der Waals surface area (Å²) in [7, 11) is 0. The average molecular weight is 322 g/mol. The van der Waals surface area contributed by atoms with Crippen LogP contribution in [0.1, 0.15) is 24.4 Å². The second kappa shape index (κ2) is 6.65. The van der Waals surface area contributed by atoms with Gasteiger partial charge in [-0.05, 0) is 31.2 Å². The van der Waals surface area contributed by atoms with Gasteiger partial charge in [0, 0.05) is 31.6 Å². The van der Waals surface area contributed by atoms with Crippen molar-refractivity contribution in [3.8, 4) is 11.5 Å². The van der Waals surface area contributed by atoms with Crippen LogP contribution in [0.25, 0.3) is 0 Å². The van der Waals surface area contributed by atoms with Gasteiger partial charge in [-0.2, -0.15) is 0 Å². The maximum atomic E-state index is 10.6. The molecular formula is C20H22N2O2. The van der Waals surface area contributed by atoms with Gasteiger partial charge in [0.2, 0.25) is 0 Å². The highest BCUT2D eigenvalue weighted by Gasteiger charge is 2.33. The normalized spacial score (nSPS) is 19.5. The van der Waals surface area contributed by atoms with Crippen molar-refractivity contribution >= 4 is 12.0 Å². The molecule has 0 radical (unpaired) electrons. The Balaban J connectivity index is 1.67. The van der Waals surface area contributed by atoms with Crippen LogP contribution in [0, 0.1) is 0 Å².